The molecule has 3 rings (SSSR count). The number of nitrogens with zero attached hydrogens (tertiary/aromatic N) is 1. The predicted molar refractivity (Wildman–Crippen MR) is 100 cm³/mol. The molecule has 0 atom stereocenters. The third-order valence-electron chi connectivity index (χ3n) is 4.43. The second-order valence-corrected chi connectivity index (χ2v) is 8.04. The molecule has 1 aliphatic heterocycles. The summed E-state index contributed by atoms with van der Waals surface area (Å²) in [5, 5.41) is 9.08. The molecule has 1 amide bonds. The Morgan fingerprint density at radius 3 is 2.67 bits per heavy atom. The van der Waals surface area contributed by atoms with Crippen LogP contribution in [0.1, 0.15) is 28.4 Å². The van der Waals surface area contributed by atoms with E-state index in [1.807, 2.05) is 0 Å². The van der Waals surface area contributed by atoms with Crippen molar-refractivity contribution in [1.82, 2.24) is 4.72 Å². The van der Waals surface area contributed by atoms with Gasteiger partial charge in [0.15, 0.2) is 0 Å². The van der Waals surface area contributed by atoms with E-state index in [-0.39, 0.29) is 29.3 Å². The summed E-state index contributed by atoms with van der Waals surface area (Å²) in [7, 11) is -3.61. The number of carbonyl (C=O) groups excluding carboxylic acids is 1. The minimum atomic E-state index is -3.61. The van der Waals surface area contributed by atoms with E-state index in [1.165, 1.54) is 18.2 Å². The first-order chi connectivity index (χ1) is 12.8. The monoisotopic (exact) mass is 388 g/mol. The van der Waals surface area contributed by atoms with Gasteiger partial charge in [-0.25, -0.2) is 17.9 Å². The zero-order valence-electron chi connectivity index (χ0n) is 14.8. The maximum absolute atomic E-state index is 12.8. The number of nitrogens with one attached hydrogen (secondary N) is 1. The molecule has 0 aromatic heterocycles. The Labute approximate surface area is 157 Å². The van der Waals surface area contributed by atoms with Crippen LogP contribution in [0.4, 0.5) is 5.69 Å². The highest BCUT2D eigenvalue weighted by Gasteiger charge is 2.27. The number of sulfonamides is 1. The lowest BCUT2D eigenvalue weighted by Gasteiger charge is -2.18. The topological polar surface area (TPSA) is 104 Å². The first-order valence-electron chi connectivity index (χ1n) is 8.57. The first-order valence-corrected chi connectivity index (χ1v) is 10.1. The van der Waals surface area contributed by atoms with Gasteiger partial charge in [0.25, 0.3) is 0 Å². The summed E-state index contributed by atoms with van der Waals surface area (Å²) in [4.78, 5) is 25.5. The van der Waals surface area contributed by atoms with Gasteiger partial charge in [-0.05, 0) is 41.8 Å². The Balaban J connectivity index is 1.85. The van der Waals surface area contributed by atoms with Crippen LogP contribution in [-0.2, 0) is 27.7 Å². The van der Waals surface area contributed by atoms with Gasteiger partial charge in [-0.1, -0.05) is 25.1 Å². The van der Waals surface area contributed by atoms with Crippen molar-refractivity contribution in [2.24, 2.45) is 0 Å². The molecule has 0 aliphatic carbocycles. The number of rotatable bonds is 6. The molecule has 0 spiro atoms. The van der Waals surface area contributed by atoms with E-state index < -0.39 is 16.0 Å². The Morgan fingerprint density at radius 2 is 1.96 bits per heavy atom. The van der Waals surface area contributed by atoms with E-state index in [4.69, 9.17) is 5.11 Å². The van der Waals surface area contributed by atoms with Crippen molar-refractivity contribution in [1.29, 1.82) is 0 Å². The lowest BCUT2D eigenvalue weighted by atomic mass is 10.1. The van der Waals surface area contributed by atoms with E-state index in [2.05, 4.69) is 4.72 Å². The highest BCUT2D eigenvalue weighted by molar-refractivity contribution is 7.89. The first kappa shape index (κ1) is 19.1. The SMILES string of the molecule is CCNS(=O)(=O)c1ccc2c(c1)N(C(=O)Cc1cccc(C(=O)O)c1)CC2. The van der Waals surface area contributed by atoms with Crippen LogP contribution in [0.15, 0.2) is 47.4 Å². The molecule has 7 nitrogen and oxygen atoms in total. The maximum atomic E-state index is 12.8. The van der Waals surface area contributed by atoms with E-state index in [9.17, 15) is 18.0 Å². The molecular formula is C19H20N2O5S. The molecule has 0 radical (unpaired) electrons. The van der Waals surface area contributed by atoms with Crippen LogP contribution in [0.3, 0.4) is 0 Å². The summed E-state index contributed by atoms with van der Waals surface area (Å²) in [6, 6.07) is 11.0. The fourth-order valence-corrected chi connectivity index (χ4v) is 4.20. The van der Waals surface area contributed by atoms with Crippen molar-refractivity contribution < 1.29 is 23.1 Å². The molecule has 0 bridgehead atoms. The van der Waals surface area contributed by atoms with Gasteiger partial charge in [-0.3, -0.25) is 4.79 Å². The second kappa shape index (κ2) is 7.50. The largest absolute Gasteiger partial charge is 0.478 e. The summed E-state index contributed by atoms with van der Waals surface area (Å²) in [5.74, 6) is -1.25. The van der Waals surface area contributed by atoms with Gasteiger partial charge >= 0.3 is 5.97 Å². The average Bonchev–Trinajstić information content (AvgIpc) is 3.05. The Kier molecular flexibility index (Phi) is 5.29. The van der Waals surface area contributed by atoms with Crippen LogP contribution in [0.2, 0.25) is 0 Å². The third-order valence-corrected chi connectivity index (χ3v) is 5.97. The molecule has 1 aliphatic rings. The van der Waals surface area contributed by atoms with Crippen LogP contribution in [-0.4, -0.2) is 38.5 Å². The molecule has 27 heavy (non-hydrogen) atoms. The number of anilines is 1. The van der Waals surface area contributed by atoms with Crippen molar-refractivity contribution >= 4 is 27.6 Å². The number of carbonyl (C=O) groups is 2. The number of benzene rings is 2. The lowest BCUT2D eigenvalue weighted by Crippen LogP contribution is -2.30. The number of aromatic carboxylic acids is 1. The predicted octanol–water partition coefficient (Wildman–Crippen LogP) is 1.81. The number of hydrogen-bond acceptors (Lipinski definition) is 4. The smallest absolute Gasteiger partial charge is 0.335 e. The van der Waals surface area contributed by atoms with Gasteiger partial charge in [0.05, 0.1) is 16.9 Å². The van der Waals surface area contributed by atoms with Gasteiger partial charge in [-0.2, -0.15) is 0 Å². The van der Waals surface area contributed by atoms with Crippen LogP contribution in [0.25, 0.3) is 0 Å². The van der Waals surface area contributed by atoms with Gasteiger partial charge in [0.1, 0.15) is 0 Å². The normalized spacial score (nSPS) is 13.4. The van der Waals surface area contributed by atoms with E-state index >= 15 is 0 Å². The van der Waals surface area contributed by atoms with Crippen LogP contribution in [0.5, 0.6) is 0 Å². The van der Waals surface area contributed by atoms with Crippen molar-refractivity contribution in [3.05, 3.63) is 59.2 Å². The summed E-state index contributed by atoms with van der Waals surface area (Å²) < 4.78 is 26.9. The Morgan fingerprint density at radius 1 is 1.19 bits per heavy atom. The zero-order valence-corrected chi connectivity index (χ0v) is 15.6. The second-order valence-electron chi connectivity index (χ2n) is 6.27. The lowest BCUT2D eigenvalue weighted by molar-refractivity contribution is -0.117. The Hall–Kier alpha value is -2.71. The zero-order chi connectivity index (χ0) is 19.6. The average molecular weight is 388 g/mol. The van der Waals surface area contributed by atoms with Gasteiger partial charge in [0, 0.05) is 18.8 Å². The number of carboxylic acids is 1. The minimum absolute atomic E-state index is 0.0464. The Bertz CT molecular complexity index is 1000. The highest BCUT2D eigenvalue weighted by Crippen LogP contribution is 2.31. The van der Waals surface area contributed by atoms with Gasteiger partial charge < -0.3 is 10.0 Å². The fraction of sp³-hybridized carbons (Fsp3) is 0.263. The van der Waals surface area contributed by atoms with Crippen molar-refractivity contribution in [3.63, 3.8) is 0 Å². The van der Waals surface area contributed by atoms with Gasteiger partial charge in [-0.15, -0.1) is 0 Å². The molecule has 142 valence electrons. The fourth-order valence-electron chi connectivity index (χ4n) is 3.14. The molecule has 2 aromatic carbocycles. The van der Waals surface area contributed by atoms with E-state index in [0.717, 1.165) is 5.56 Å². The number of amides is 1. The number of hydrogen-bond donors (Lipinski definition) is 2. The number of carboxylic acid groups (broad SMARTS) is 1. The molecule has 8 heteroatoms. The van der Waals surface area contributed by atoms with Crippen molar-refractivity contribution in [3.8, 4) is 0 Å². The quantitative estimate of drug-likeness (QED) is 0.786. The molecule has 2 aromatic rings. The van der Waals surface area contributed by atoms with E-state index in [0.29, 0.717) is 24.2 Å². The molecule has 0 saturated heterocycles. The standard InChI is InChI=1S/C19H20N2O5S/c1-2-20-27(25,26)16-7-6-14-8-9-21(17(14)12-16)18(22)11-13-4-3-5-15(10-13)19(23)24/h3-7,10,12,20H,2,8-9,11H2,1H3,(H,23,24). The summed E-state index contributed by atoms with van der Waals surface area (Å²) >= 11 is 0. The molecule has 0 fully saturated rings. The van der Waals surface area contributed by atoms with Crippen LogP contribution in [0, 0.1) is 0 Å². The molecule has 0 saturated carbocycles. The van der Waals surface area contributed by atoms with Crippen molar-refractivity contribution in [2.75, 3.05) is 18.0 Å². The van der Waals surface area contributed by atoms with Crippen molar-refractivity contribution in [2.45, 2.75) is 24.7 Å². The molecule has 2 N–H and O–H groups in total. The summed E-state index contributed by atoms with van der Waals surface area (Å²) in [6.07, 6.45) is 0.697. The van der Waals surface area contributed by atoms with Crippen LogP contribution >= 0.6 is 0 Å². The highest BCUT2D eigenvalue weighted by atomic mass is 32.2. The van der Waals surface area contributed by atoms with E-state index in [1.54, 1.807) is 36.1 Å². The molecule has 1 heterocycles. The third kappa shape index (κ3) is 4.01. The molecular weight excluding hydrogens is 368 g/mol. The van der Waals surface area contributed by atoms with Crippen LogP contribution < -0.4 is 9.62 Å². The summed E-state index contributed by atoms with van der Waals surface area (Å²) in [5.41, 5.74) is 2.23. The summed E-state index contributed by atoms with van der Waals surface area (Å²) in [6.45, 7) is 2.45. The maximum Gasteiger partial charge on any atom is 0.335 e. The number of fused-ring (bicyclic) bond motifs is 1. The van der Waals surface area contributed by atoms with Gasteiger partial charge in [0.2, 0.25) is 15.9 Å². The molecule has 0 unspecified atom stereocenters. The minimum Gasteiger partial charge on any atom is -0.478 e.